The lowest BCUT2D eigenvalue weighted by Crippen LogP contribution is -2.32. The van der Waals surface area contributed by atoms with Crippen LogP contribution in [0.15, 0.2) is 0 Å². The number of carbonyl (C=O) groups excluding carboxylic acids is 1. The predicted octanol–water partition coefficient (Wildman–Crippen LogP) is 1.55. The average molecular weight is 191 g/mol. The molecule has 0 aromatic rings. The normalized spacial score (nSPS) is 31.2. The van der Waals surface area contributed by atoms with E-state index < -0.39 is 0 Å². The predicted molar refractivity (Wildman–Crippen MR) is 52.3 cm³/mol. The Morgan fingerprint density at radius 2 is 2.45 bits per heavy atom. The molecule has 1 rings (SSSR count). The molecule has 1 fully saturated rings. The first kappa shape index (κ1) is 9.42. The lowest BCUT2D eigenvalue weighted by Gasteiger charge is -2.14. The zero-order chi connectivity index (χ0) is 8.27. The Kier molecular flexibility index (Phi) is 3.75. The summed E-state index contributed by atoms with van der Waals surface area (Å²) in [5, 5.41) is 3.39. The molecule has 0 bridgehead atoms. The number of rotatable bonds is 3. The highest BCUT2D eigenvalue weighted by Gasteiger charge is 2.26. The van der Waals surface area contributed by atoms with Crippen molar-refractivity contribution in [3.8, 4) is 0 Å². The maximum Gasteiger partial charge on any atom is 0.178 e. The van der Waals surface area contributed by atoms with Gasteiger partial charge in [-0.3, -0.25) is 10.1 Å². The highest BCUT2D eigenvalue weighted by Crippen LogP contribution is 2.28. The molecule has 0 saturated carbocycles. The van der Waals surface area contributed by atoms with Gasteiger partial charge in [-0.25, -0.2) is 0 Å². The highest BCUT2D eigenvalue weighted by atomic mass is 32.2. The Bertz CT molecular complexity index is 140. The third-order valence-electron chi connectivity index (χ3n) is 1.76. The van der Waals surface area contributed by atoms with E-state index in [2.05, 4.69) is 19.2 Å². The zero-order valence-electron chi connectivity index (χ0n) is 6.74. The van der Waals surface area contributed by atoms with E-state index in [4.69, 9.17) is 0 Å². The van der Waals surface area contributed by atoms with Gasteiger partial charge in [0, 0.05) is 11.8 Å². The maximum absolute atomic E-state index is 10.1. The summed E-state index contributed by atoms with van der Waals surface area (Å²) < 4.78 is 0.292. The van der Waals surface area contributed by atoms with Gasteiger partial charge in [-0.05, 0) is 5.92 Å². The summed E-state index contributed by atoms with van der Waals surface area (Å²) in [5.74, 6) is 1.79. The fraction of sp³-hybridized carbons (Fsp3) is 0.857. The molecule has 0 aromatic carbocycles. The molecule has 1 heterocycles. The lowest BCUT2D eigenvalue weighted by molar-refractivity contribution is 0.468. The molecule has 4 heteroatoms. The number of hydrogen-bond acceptors (Lipinski definition) is 4. The Hall–Kier alpha value is 0.330. The van der Waals surface area contributed by atoms with Gasteiger partial charge < -0.3 is 0 Å². The fourth-order valence-electron chi connectivity index (χ4n) is 0.976. The molecule has 1 aliphatic rings. The van der Waals surface area contributed by atoms with Gasteiger partial charge in [0.2, 0.25) is 0 Å². The monoisotopic (exact) mass is 191 g/mol. The first-order chi connectivity index (χ1) is 5.24. The van der Waals surface area contributed by atoms with E-state index in [0.717, 1.165) is 11.4 Å². The van der Waals surface area contributed by atoms with Gasteiger partial charge in [0.1, 0.15) is 4.71 Å². The molecule has 64 valence electrons. The van der Waals surface area contributed by atoms with Crippen molar-refractivity contribution < 1.29 is 4.79 Å². The molecular formula is C7H13NOS2. The Morgan fingerprint density at radius 3 is 2.91 bits per heavy atom. The van der Waals surface area contributed by atoms with Gasteiger partial charge in [-0.15, -0.1) is 11.8 Å². The average Bonchev–Trinajstić information content (AvgIpc) is 2.37. The quantitative estimate of drug-likeness (QED) is 0.685. The minimum atomic E-state index is 0.292. The lowest BCUT2D eigenvalue weighted by atomic mass is 10.1. The molecule has 2 nitrogen and oxygen atoms in total. The molecule has 1 aliphatic heterocycles. The van der Waals surface area contributed by atoms with Gasteiger partial charge in [-0.1, -0.05) is 25.6 Å². The molecule has 0 radical (unpaired) electrons. The van der Waals surface area contributed by atoms with Crippen molar-refractivity contribution in [2.75, 3.05) is 5.75 Å². The van der Waals surface area contributed by atoms with Gasteiger partial charge in [-0.2, -0.15) is 0 Å². The SMILES string of the molecule is CC(C)C1CSC(SC=O)N1. The number of carbonyl (C=O) groups is 1. The van der Waals surface area contributed by atoms with E-state index >= 15 is 0 Å². The number of thioether (sulfide) groups is 2. The summed E-state index contributed by atoms with van der Waals surface area (Å²) in [6.45, 7) is 4.40. The largest absolute Gasteiger partial charge is 0.293 e. The summed E-state index contributed by atoms with van der Waals surface area (Å²) in [6.07, 6.45) is 0. The van der Waals surface area contributed by atoms with Crippen LogP contribution in [0.1, 0.15) is 13.8 Å². The van der Waals surface area contributed by atoms with Crippen LogP contribution in [0.25, 0.3) is 0 Å². The van der Waals surface area contributed by atoms with Gasteiger partial charge in [0.05, 0.1) is 0 Å². The van der Waals surface area contributed by atoms with Crippen LogP contribution in [0.4, 0.5) is 0 Å². The first-order valence-corrected chi connectivity index (χ1v) is 5.70. The van der Waals surface area contributed by atoms with Crippen LogP contribution in [0.3, 0.4) is 0 Å². The van der Waals surface area contributed by atoms with Crippen molar-refractivity contribution in [3.63, 3.8) is 0 Å². The minimum absolute atomic E-state index is 0.292. The second-order valence-corrected chi connectivity index (χ2v) is 5.29. The third kappa shape index (κ3) is 2.69. The number of nitrogens with one attached hydrogen (secondary N) is 1. The van der Waals surface area contributed by atoms with E-state index in [1.807, 2.05) is 11.8 Å². The van der Waals surface area contributed by atoms with Crippen LogP contribution in [0.2, 0.25) is 0 Å². The van der Waals surface area contributed by atoms with E-state index in [9.17, 15) is 4.79 Å². The van der Waals surface area contributed by atoms with Crippen LogP contribution in [0, 0.1) is 5.92 Å². The van der Waals surface area contributed by atoms with Crippen molar-refractivity contribution in [1.29, 1.82) is 0 Å². The van der Waals surface area contributed by atoms with E-state index in [-0.39, 0.29) is 0 Å². The van der Waals surface area contributed by atoms with Gasteiger partial charge >= 0.3 is 0 Å². The van der Waals surface area contributed by atoms with Crippen LogP contribution >= 0.6 is 23.5 Å². The van der Waals surface area contributed by atoms with Gasteiger partial charge in [0.25, 0.3) is 0 Å². The molecule has 1 N–H and O–H groups in total. The highest BCUT2D eigenvalue weighted by molar-refractivity contribution is 8.23. The van der Waals surface area contributed by atoms with Crippen molar-refractivity contribution in [1.82, 2.24) is 5.32 Å². The Labute approximate surface area is 75.9 Å². The standard InChI is InChI=1S/C7H13NOS2/c1-5(2)6-3-10-7(8-6)11-4-9/h4-8H,3H2,1-2H3. The van der Waals surface area contributed by atoms with E-state index in [1.165, 1.54) is 11.8 Å². The summed E-state index contributed by atoms with van der Waals surface area (Å²) in [7, 11) is 0. The summed E-state index contributed by atoms with van der Waals surface area (Å²) in [4.78, 5) is 10.1. The summed E-state index contributed by atoms with van der Waals surface area (Å²) >= 11 is 3.16. The zero-order valence-corrected chi connectivity index (χ0v) is 8.37. The third-order valence-corrected chi connectivity index (χ3v) is 3.99. The summed E-state index contributed by atoms with van der Waals surface area (Å²) in [5.41, 5.74) is 0.910. The molecule has 0 aliphatic carbocycles. The topological polar surface area (TPSA) is 29.1 Å². The molecule has 0 aromatic heterocycles. The van der Waals surface area contributed by atoms with Crippen LogP contribution < -0.4 is 5.32 Å². The molecule has 2 atom stereocenters. The van der Waals surface area contributed by atoms with Crippen LogP contribution in [-0.2, 0) is 4.79 Å². The molecule has 0 spiro atoms. The number of hydrogen-bond donors (Lipinski definition) is 1. The smallest absolute Gasteiger partial charge is 0.178 e. The Balaban J connectivity index is 2.28. The molecule has 2 unspecified atom stereocenters. The second kappa shape index (κ2) is 4.38. The van der Waals surface area contributed by atoms with Crippen molar-refractivity contribution in [2.24, 2.45) is 5.92 Å². The first-order valence-electron chi connectivity index (χ1n) is 3.71. The van der Waals surface area contributed by atoms with Crippen molar-refractivity contribution in [2.45, 2.75) is 24.6 Å². The fourth-order valence-corrected chi connectivity index (χ4v) is 3.15. The molecule has 0 amide bonds. The van der Waals surface area contributed by atoms with Gasteiger partial charge in [0.15, 0.2) is 5.62 Å². The molecule has 11 heavy (non-hydrogen) atoms. The Morgan fingerprint density at radius 1 is 1.73 bits per heavy atom. The molecular weight excluding hydrogens is 178 g/mol. The van der Waals surface area contributed by atoms with E-state index in [1.54, 1.807) is 0 Å². The van der Waals surface area contributed by atoms with Crippen molar-refractivity contribution in [3.05, 3.63) is 0 Å². The van der Waals surface area contributed by atoms with E-state index in [0.29, 0.717) is 16.7 Å². The molecule has 1 saturated heterocycles. The van der Waals surface area contributed by atoms with Crippen LogP contribution in [-0.4, -0.2) is 22.1 Å². The maximum atomic E-state index is 10.1. The van der Waals surface area contributed by atoms with Crippen LogP contribution in [0.5, 0.6) is 0 Å². The second-order valence-electron chi connectivity index (χ2n) is 2.91. The van der Waals surface area contributed by atoms with Crippen molar-refractivity contribution >= 4 is 29.1 Å². The summed E-state index contributed by atoms with van der Waals surface area (Å²) in [6, 6.07) is 0.581. The minimum Gasteiger partial charge on any atom is -0.293 e.